The van der Waals surface area contributed by atoms with Crippen LogP contribution in [-0.4, -0.2) is 18.5 Å². The first-order chi connectivity index (χ1) is 11.8. The number of ether oxygens (including phenoxy) is 1. The van der Waals surface area contributed by atoms with Crippen molar-refractivity contribution in [2.45, 2.75) is 19.1 Å². The van der Waals surface area contributed by atoms with Crippen molar-refractivity contribution in [3.63, 3.8) is 0 Å². The molecule has 1 unspecified atom stereocenters. The zero-order chi connectivity index (χ0) is 18.4. The van der Waals surface area contributed by atoms with Gasteiger partial charge in [0.25, 0.3) is 5.91 Å². The molecule has 2 aromatic carbocycles. The first kappa shape index (κ1) is 18.5. The van der Waals surface area contributed by atoms with Crippen molar-refractivity contribution in [1.82, 2.24) is 5.32 Å². The molecule has 0 spiro atoms. The van der Waals surface area contributed by atoms with E-state index in [2.05, 4.69) is 5.32 Å². The summed E-state index contributed by atoms with van der Waals surface area (Å²) in [5.41, 5.74) is -1.21. The van der Waals surface area contributed by atoms with Crippen LogP contribution in [0.25, 0.3) is 0 Å². The molecule has 1 amide bonds. The Kier molecular flexibility index (Phi) is 5.80. The van der Waals surface area contributed by atoms with Crippen LogP contribution >= 0.6 is 0 Å². The number of amides is 1. The van der Waals surface area contributed by atoms with Gasteiger partial charge in [-0.25, -0.2) is 4.79 Å². The van der Waals surface area contributed by atoms with Crippen molar-refractivity contribution >= 4 is 11.9 Å². The molecule has 0 aliphatic heterocycles. The van der Waals surface area contributed by atoms with Crippen LogP contribution in [0, 0.1) is 0 Å². The van der Waals surface area contributed by atoms with E-state index in [9.17, 15) is 22.8 Å². The lowest BCUT2D eigenvalue weighted by molar-refractivity contribution is -0.145. The highest BCUT2D eigenvalue weighted by Gasteiger charge is 2.35. The van der Waals surface area contributed by atoms with Gasteiger partial charge in [-0.2, -0.15) is 13.2 Å². The minimum Gasteiger partial charge on any atom is -0.464 e. The van der Waals surface area contributed by atoms with Crippen molar-refractivity contribution in [3.8, 4) is 0 Å². The fraction of sp³-hybridized carbons (Fsp3) is 0.222. The van der Waals surface area contributed by atoms with Gasteiger partial charge in [-0.3, -0.25) is 4.79 Å². The van der Waals surface area contributed by atoms with Gasteiger partial charge in [0, 0.05) is 0 Å². The van der Waals surface area contributed by atoms with E-state index in [0.717, 1.165) is 12.1 Å². The molecule has 7 heteroatoms. The lowest BCUT2D eigenvalue weighted by atomic mass is 10.0. The van der Waals surface area contributed by atoms with Gasteiger partial charge in [0.05, 0.1) is 17.7 Å². The normalized spacial score (nSPS) is 12.3. The Morgan fingerprint density at radius 2 is 1.64 bits per heavy atom. The number of hydrogen-bond acceptors (Lipinski definition) is 3. The topological polar surface area (TPSA) is 55.4 Å². The molecule has 0 bridgehead atoms. The molecule has 4 nitrogen and oxygen atoms in total. The maximum atomic E-state index is 13.1. The summed E-state index contributed by atoms with van der Waals surface area (Å²) in [6.45, 7) is 1.68. The van der Waals surface area contributed by atoms with E-state index >= 15 is 0 Å². The summed E-state index contributed by atoms with van der Waals surface area (Å²) in [7, 11) is 0. The molecule has 0 fully saturated rings. The van der Waals surface area contributed by atoms with Crippen molar-refractivity contribution in [1.29, 1.82) is 0 Å². The molecular weight excluding hydrogens is 335 g/mol. The van der Waals surface area contributed by atoms with Gasteiger partial charge in [-0.1, -0.05) is 42.5 Å². The summed E-state index contributed by atoms with van der Waals surface area (Å²) >= 11 is 0. The zero-order valence-electron chi connectivity index (χ0n) is 13.3. The Hall–Kier alpha value is -2.83. The monoisotopic (exact) mass is 351 g/mol. The summed E-state index contributed by atoms with van der Waals surface area (Å²) in [6, 6.07) is 11.4. The number of carbonyl (C=O) groups excluding carboxylic acids is 2. The number of benzene rings is 2. The second-order valence-electron chi connectivity index (χ2n) is 5.11. The van der Waals surface area contributed by atoms with E-state index in [0.29, 0.717) is 5.56 Å². The van der Waals surface area contributed by atoms with Crippen LogP contribution in [0.1, 0.15) is 34.5 Å². The third-order valence-electron chi connectivity index (χ3n) is 3.41. The third-order valence-corrected chi connectivity index (χ3v) is 3.41. The molecule has 132 valence electrons. The highest BCUT2D eigenvalue weighted by atomic mass is 19.4. The molecule has 0 heterocycles. The van der Waals surface area contributed by atoms with Crippen molar-refractivity contribution in [2.24, 2.45) is 0 Å². The molecule has 0 saturated heterocycles. The molecule has 0 radical (unpaired) electrons. The van der Waals surface area contributed by atoms with Gasteiger partial charge >= 0.3 is 12.1 Å². The Morgan fingerprint density at radius 1 is 1.04 bits per heavy atom. The predicted molar refractivity (Wildman–Crippen MR) is 84.7 cm³/mol. The minimum absolute atomic E-state index is 0.0805. The van der Waals surface area contributed by atoms with E-state index in [-0.39, 0.29) is 6.61 Å². The molecular formula is C18H16F3NO3. The maximum Gasteiger partial charge on any atom is 0.417 e. The number of hydrogen-bond donors (Lipinski definition) is 1. The first-order valence-electron chi connectivity index (χ1n) is 7.53. The minimum atomic E-state index is -4.68. The Morgan fingerprint density at radius 3 is 2.24 bits per heavy atom. The van der Waals surface area contributed by atoms with E-state index in [1.807, 2.05) is 0 Å². The van der Waals surface area contributed by atoms with Crippen LogP contribution in [0.15, 0.2) is 54.6 Å². The summed E-state index contributed by atoms with van der Waals surface area (Å²) in [6.07, 6.45) is -4.68. The van der Waals surface area contributed by atoms with Gasteiger partial charge in [-0.05, 0) is 24.6 Å². The van der Waals surface area contributed by atoms with Gasteiger partial charge in [0.2, 0.25) is 0 Å². The van der Waals surface area contributed by atoms with Crippen LogP contribution in [0.2, 0.25) is 0 Å². The lowest BCUT2D eigenvalue weighted by Crippen LogP contribution is -2.36. The third kappa shape index (κ3) is 4.59. The number of nitrogens with one attached hydrogen (secondary N) is 1. The average molecular weight is 351 g/mol. The molecule has 0 aliphatic carbocycles. The number of esters is 1. The standard InChI is InChI=1S/C18H16F3NO3/c1-2-25-17(24)15(12-8-4-3-5-9-12)22-16(23)13-10-6-7-11-14(13)18(19,20)21/h3-11,15H,2H2,1H3,(H,22,23). The molecule has 2 rings (SSSR count). The highest BCUT2D eigenvalue weighted by molar-refractivity contribution is 5.98. The summed E-state index contributed by atoms with van der Waals surface area (Å²) in [5, 5.41) is 2.33. The number of rotatable bonds is 5. The number of carbonyl (C=O) groups is 2. The largest absolute Gasteiger partial charge is 0.464 e. The number of halogens is 3. The highest BCUT2D eigenvalue weighted by Crippen LogP contribution is 2.32. The maximum absolute atomic E-state index is 13.1. The first-order valence-corrected chi connectivity index (χ1v) is 7.53. The quantitative estimate of drug-likeness (QED) is 0.835. The van der Waals surface area contributed by atoms with E-state index < -0.39 is 35.2 Å². The average Bonchev–Trinajstić information content (AvgIpc) is 2.59. The molecule has 0 aromatic heterocycles. The van der Waals surface area contributed by atoms with Crippen molar-refractivity contribution in [2.75, 3.05) is 6.61 Å². The molecule has 2 aromatic rings. The zero-order valence-corrected chi connectivity index (χ0v) is 13.3. The van der Waals surface area contributed by atoms with Gasteiger partial charge in [0.1, 0.15) is 0 Å². The second kappa shape index (κ2) is 7.83. The van der Waals surface area contributed by atoms with Gasteiger partial charge in [0.15, 0.2) is 6.04 Å². The van der Waals surface area contributed by atoms with Crippen LogP contribution in [0.3, 0.4) is 0 Å². The van der Waals surface area contributed by atoms with E-state index in [1.54, 1.807) is 37.3 Å². The molecule has 0 saturated carbocycles. The van der Waals surface area contributed by atoms with Crippen LogP contribution in [-0.2, 0) is 15.7 Å². The second-order valence-corrected chi connectivity index (χ2v) is 5.11. The van der Waals surface area contributed by atoms with Crippen LogP contribution < -0.4 is 5.32 Å². The van der Waals surface area contributed by atoms with E-state index in [1.165, 1.54) is 12.1 Å². The van der Waals surface area contributed by atoms with E-state index in [4.69, 9.17) is 4.74 Å². The number of alkyl halides is 3. The summed E-state index contributed by atoms with van der Waals surface area (Å²) in [4.78, 5) is 24.5. The van der Waals surface area contributed by atoms with Crippen LogP contribution in [0.4, 0.5) is 13.2 Å². The van der Waals surface area contributed by atoms with Crippen molar-refractivity contribution < 1.29 is 27.5 Å². The summed E-state index contributed by atoms with van der Waals surface area (Å²) < 4.78 is 44.1. The van der Waals surface area contributed by atoms with Crippen molar-refractivity contribution in [3.05, 3.63) is 71.3 Å². The molecule has 0 aliphatic rings. The Balaban J connectivity index is 2.34. The van der Waals surface area contributed by atoms with Crippen LogP contribution in [0.5, 0.6) is 0 Å². The lowest BCUT2D eigenvalue weighted by Gasteiger charge is -2.19. The van der Waals surface area contributed by atoms with Gasteiger partial charge in [-0.15, -0.1) is 0 Å². The molecule has 25 heavy (non-hydrogen) atoms. The smallest absolute Gasteiger partial charge is 0.417 e. The fourth-order valence-corrected chi connectivity index (χ4v) is 2.29. The van der Waals surface area contributed by atoms with Gasteiger partial charge < -0.3 is 10.1 Å². The predicted octanol–water partition coefficient (Wildman–Crippen LogP) is 3.74. The molecule has 1 atom stereocenters. The SMILES string of the molecule is CCOC(=O)C(NC(=O)c1ccccc1C(F)(F)F)c1ccccc1. The Labute approximate surface area is 142 Å². The fourth-order valence-electron chi connectivity index (χ4n) is 2.29. The summed E-state index contributed by atoms with van der Waals surface area (Å²) in [5.74, 6) is -1.75. The molecule has 1 N–H and O–H groups in total. The Bertz CT molecular complexity index is 745.